The van der Waals surface area contributed by atoms with Gasteiger partial charge in [-0.1, -0.05) is 30.3 Å². The maximum Gasteiger partial charge on any atom is 0.120 e. The van der Waals surface area contributed by atoms with Crippen LogP contribution in [0.3, 0.4) is 0 Å². The van der Waals surface area contributed by atoms with E-state index < -0.39 is 0 Å². The lowest BCUT2D eigenvalue weighted by Gasteiger charge is -2.51. The van der Waals surface area contributed by atoms with Gasteiger partial charge in [0.05, 0.1) is 20.1 Å². The average Bonchev–Trinajstić information content (AvgIpc) is 2.16. The first-order valence-electron chi connectivity index (χ1n) is 5.37. The number of likely N-dealkylation sites (tertiary alicyclic amines) is 1. The maximum absolute atomic E-state index is 11.3. The van der Waals surface area contributed by atoms with Crippen molar-refractivity contribution in [2.75, 3.05) is 20.1 Å². The fraction of sp³-hybridized carbons (Fsp3) is 0.500. The minimum atomic E-state index is -0.0885. The molecule has 3 nitrogen and oxygen atoms in total. The summed E-state index contributed by atoms with van der Waals surface area (Å²) >= 11 is 0. The van der Waals surface area contributed by atoms with Crippen LogP contribution in [-0.4, -0.2) is 30.6 Å². The summed E-state index contributed by atoms with van der Waals surface area (Å²) in [6.45, 7) is 4.81. The molecule has 1 heterocycles. The second kappa shape index (κ2) is 3.93. The molecule has 1 N–H and O–H groups in total. The van der Waals surface area contributed by atoms with Gasteiger partial charge < -0.3 is 10.3 Å². The monoisotopic (exact) mass is 206 g/mol. The third-order valence-corrected chi connectivity index (χ3v) is 3.24. The molecule has 1 fully saturated rings. The lowest BCUT2D eigenvalue weighted by Crippen LogP contribution is -3.17. The van der Waals surface area contributed by atoms with Crippen LogP contribution in [0.2, 0.25) is 0 Å². The number of quaternary nitrogens is 1. The molecular formula is C12H18N2O. The van der Waals surface area contributed by atoms with Crippen molar-refractivity contribution in [3.05, 3.63) is 41.1 Å². The average molecular weight is 206 g/mol. The minimum Gasteiger partial charge on any atom is -0.634 e. The molecule has 1 atom stereocenters. The highest BCUT2D eigenvalue weighted by atomic mass is 16.5. The van der Waals surface area contributed by atoms with Crippen LogP contribution in [0.15, 0.2) is 30.3 Å². The Morgan fingerprint density at radius 2 is 1.93 bits per heavy atom. The summed E-state index contributed by atoms with van der Waals surface area (Å²) in [6, 6.07) is 10.4. The Hall–Kier alpha value is -0.900. The first kappa shape index (κ1) is 10.6. The normalized spacial score (nSPS) is 22.1. The molecule has 0 spiro atoms. The first-order chi connectivity index (χ1) is 7.10. The maximum atomic E-state index is 11.3. The Morgan fingerprint density at radius 1 is 1.33 bits per heavy atom. The van der Waals surface area contributed by atoms with E-state index in [1.807, 2.05) is 6.07 Å². The summed E-state index contributed by atoms with van der Waals surface area (Å²) in [4.78, 5) is 2.32. The van der Waals surface area contributed by atoms with Crippen LogP contribution in [0.25, 0.3) is 0 Å². The van der Waals surface area contributed by atoms with Gasteiger partial charge in [0.15, 0.2) is 0 Å². The predicted octanol–water partition coefficient (Wildman–Crippen LogP) is 0.273. The molecule has 3 heteroatoms. The van der Waals surface area contributed by atoms with Gasteiger partial charge in [-0.15, -0.1) is 0 Å². The number of nitrogens with one attached hydrogen (secondary N) is 1. The van der Waals surface area contributed by atoms with E-state index in [9.17, 15) is 5.21 Å². The summed E-state index contributed by atoms with van der Waals surface area (Å²) < 4.78 is 0. The van der Waals surface area contributed by atoms with Gasteiger partial charge in [0.2, 0.25) is 0 Å². The second-order valence-electron chi connectivity index (χ2n) is 4.75. The second-order valence-corrected chi connectivity index (χ2v) is 4.75. The Labute approximate surface area is 90.9 Å². The van der Waals surface area contributed by atoms with Crippen LogP contribution in [0.4, 0.5) is 0 Å². The number of hydroxylamine groups is 2. The van der Waals surface area contributed by atoms with E-state index in [4.69, 9.17) is 0 Å². The molecule has 0 amide bonds. The van der Waals surface area contributed by atoms with Gasteiger partial charge in [-0.05, 0) is 12.5 Å². The fourth-order valence-electron chi connectivity index (χ4n) is 2.12. The summed E-state index contributed by atoms with van der Waals surface area (Å²) in [6.07, 6.45) is 0. The SMILES string of the molecule is C[NH+]([O-])C1(C)CN(Cc2ccccc2)C1. The Balaban J connectivity index is 1.86. The van der Waals surface area contributed by atoms with Crippen molar-refractivity contribution >= 4 is 0 Å². The molecule has 1 aromatic carbocycles. The lowest BCUT2D eigenvalue weighted by atomic mass is 9.91. The zero-order chi connectivity index (χ0) is 10.9. The van der Waals surface area contributed by atoms with Crippen molar-refractivity contribution in [2.24, 2.45) is 0 Å². The quantitative estimate of drug-likeness (QED) is 0.720. The number of likely N-dealkylation sites (N-methyl/N-ethyl adjacent to an activating group) is 1. The summed E-state index contributed by atoms with van der Waals surface area (Å²) in [5, 5.41) is 11.6. The summed E-state index contributed by atoms with van der Waals surface area (Å²) in [7, 11) is 1.69. The number of rotatable bonds is 3. The van der Waals surface area contributed by atoms with Crippen LogP contribution < -0.4 is 5.06 Å². The molecule has 1 aliphatic rings. The van der Waals surface area contributed by atoms with Crippen molar-refractivity contribution in [3.63, 3.8) is 0 Å². The number of hydrogen-bond donors (Lipinski definition) is 1. The molecule has 1 saturated heterocycles. The summed E-state index contributed by atoms with van der Waals surface area (Å²) in [5.74, 6) is 0. The molecule has 15 heavy (non-hydrogen) atoms. The van der Waals surface area contributed by atoms with Crippen LogP contribution in [-0.2, 0) is 6.54 Å². The number of benzene rings is 1. The smallest absolute Gasteiger partial charge is 0.120 e. The molecule has 0 aliphatic carbocycles. The molecule has 0 aromatic heterocycles. The highest BCUT2D eigenvalue weighted by Crippen LogP contribution is 2.19. The topological polar surface area (TPSA) is 30.7 Å². The highest BCUT2D eigenvalue weighted by Gasteiger charge is 2.42. The number of hydrogen-bond acceptors (Lipinski definition) is 2. The van der Waals surface area contributed by atoms with E-state index in [-0.39, 0.29) is 5.54 Å². The molecule has 82 valence electrons. The van der Waals surface area contributed by atoms with Gasteiger partial charge in [-0.2, -0.15) is 0 Å². The Kier molecular flexibility index (Phi) is 2.78. The van der Waals surface area contributed by atoms with Crippen molar-refractivity contribution in [1.29, 1.82) is 0 Å². The van der Waals surface area contributed by atoms with Gasteiger partial charge in [0, 0.05) is 6.54 Å². The molecular weight excluding hydrogens is 188 g/mol. The van der Waals surface area contributed by atoms with Crippen molar-refractivity contribution in [2.45, 2.75) is 19.0 Å². The predicted molar refractivity (Wildman–Crippen MR) is 60.4 cm³/mol. The van der Waals surface area contributed by atoms with Gasteiger partial charge in [0.1, 0.15) is 5.54 Å². The Morgan fingerprint density at radius 3 is 2.47 bits per heavy atom. The van der Waals surface area contributed by atoms with Crippen molar-refractivity contribution in [3.8, 4) is 0 Å². The molecule has 1 unspecified atom stereocenters. The van der Waals surface area contributed by atoms with E-state index in [1.165, 1.54) is 5.56 Å². The van der Waals surface area contributed by atoms with Crippen molar-refractivity contribution < 1.29 is 5.06 Å². The van der Waals surface area contributed by atoms with Gasteiger partial charge in [-0.3, -0.25) is 4.90 Å². The van der Waals surface area contributed by atoms with Gasteiger partial charge >= 0.3 is 0 Å². The van der Waals surface area contributed by atoms with Crippen molar-refractivity contribution in [1.82, 2.24) is 4.90 Å². The van der Waals surface area contributed by atoms with Crippen LogP contribution in [0, 0.1) is 5.21 Å². The standard InChI is InChI=1S/C12H18N2O/c1-12(13(2)15)9-14(10-12)8-11-6-4-3-5-7-11/h3-7,13H,8-10H2,1-2H3. The largest absolute Gasteiger partial charge is 0.634 e. The van der Waals surface area contributed by atoms with E-state index in [2.05, 4.69) is 36.1 Å². The molecule has 0 radical (unpaired) electrons. The minimum absolute atomic E-state index is 0.0885. The van der Waals surface area contributed by atoms with Crippen LogP contribution in [0.5, 0.6) is 0 Å². The van der Waals surface area contributed by atoms with Gasteiger partial charge in [0.25, 0.3) is 0 Å². The number of nitrogens with zero attached hydrogens (tertiary/aromatic N) is 1. The lowest BCUT2D eigenvalue weighted by molar-refractivity contribution is -0.891. The Bertz CT molecular complexity index is 318. The fourth-order valence-corrected chi connectivity index (χ4v) is 2.12. The van der Waals surface area contributed by atoms with E-state index in [0.29, 0.717) is 5.06 Å². The van der Waals surface area contributed by atoms with Crippen LogP contribution in [0.1, 0.15) is 12.5 Å². The molecule has 1 aliphatic heterocycles. The third kappa shape index (κ3) is 2.20. The van der Waals surface area contributed by atoms with E-state index >= 15 is 0 Å². The molecule has 0 saturated carbocycles. The zero-order valence-electron chi connectivity index (χ0n) is 9.36. The third-order valence-electron chi connectivity index (χ3n) is 3.24. The highest BCUT2D eigenvalue weighted by molar-refractivity contribution is 5.15. The van der Waals surface area contributed by atoms with E-state index in [0.717, 1.165) is 19.6 Å². The van der Waals surface area contributed by atoms with E-state index in [1.54, 1.807) is 7.05 Å². The van der Waals surface area contributed by atoms with Gasteiger partial charge in [-0.25, -0.2) is 0 Å². The summed E-state index contributed by atoms with van der Waals surface area (Å²) in [5.41, 5.74) is 1.23. The molecule has 0 bridgehead atoms. The van der Waals surface area contributed by atoms with Crippen LogP contribution >= 0.6 is 0 Å². The molecule has 1 aromatic rings. The zero-order valence-corrected chi connectivity index (χ0v) is 9.36. The first-order valence-corrected chi connectivity index (χ1v) is 5.37. The molecule has 2 rings (SSSR count).